The molecule has 33 heavy (non-hydrogen) atoms. The molecule has 1 fully saturated rings. The van der Waals surface area contributed by atoms with Crippen molar-refractivity contribution in [1.82, 2.24) is 20.0 Å². The van der Waals surface area contributed by atoms with Gasteiger partial charge in [0.05, 0.1) is 23.3 Å². The quantitative estimate of drug-likeness (QED) is 0.490. The van der Waals surface area contributed by atoms with E-state index in [1.54, 1.807) is 50.4 Å². The first kappa shape index (κ1) is 23.5. The second-order valence-electron chi connectivity index (χ2n) is 8.10. The van der Waals surface area contributed by atoms with Crippen molar-refractivity contribution in [3.63, 3.8) is 0 Å². The minimum atomic E-state index is -3.62. The van der Waals surface area contributed by atoms with Crippen LogP contribution in [0.3, 0.4) is 0 Å². The molecule has 176 valence electrons. The number of hydrogen-bond acceptors (Lipinski definition) is 5. The van der Waals surface area contributed by atoms with E-state index in [0.29, 0.717) is 40.6 Å². The van der Waals surface area contributed by atoms with Crippen LogP contribution >= 0.6 is 11.6 Å². The third kappa shape index (κ3) is 4.84. The number of methoxy groups -OCH3 is 1. The van der Waals surface area contributed by atoms with Crippen molar-refractivity contribution in [2.75, 3.05) is 24.6 Å². The number of fused-ring (bicyclic) bond motifs is 1. The summed E-state index contributed by atoms with van der Waals surface area (Å²) < 4.78 is 34.3. The summed E-state index contributed by atoms with van der Waals surface area (Å²) in [5, 5.41) is 3.53. The van der Waals surface area contributed by atoms with Crippen LogP contribution in [-0.4, -0.2) is 50.6 Å². The third-order valence-corrected chi connectivity index (χ3v) is 7.51. The van der Waals surface area contributed by atoms with Gasteiger partial charge in [-0.2, -0.15) is 13.1 Å². The van der Waals surface area contributed by atoms with Crippen molar-refractivity contribution in [1.29, 1.82) is 0 Å². The molecule has 0 aliphatic carbocycles. The zero-order valence-corrected chi connectivity index (χ0v) is 20.1. The Balaban J connectivity index is 1.58. The first-order valence-corrected chi connectivity index (χ1v) is 12.4. The second kappa shape index (κ2) is 9.30. The summed E-state index contributed by atoms with van der Waals surface area (Å²) in [7, 11) is -2.07. The van der Waals surface area contributed by atoms with E-state index in [9.17, 15) is 13.2 Å². The Hall–Kier alpha value is -2.66. The lowest BCUT2D eigenvalue weighted by molar-refractivity contribution is 0.0892. The molecule has 1 saturated heterocycles. The summed E-state index contributed by atoms with van der Waals surface area (Å²) in [6.45, 7) is 4.28. The summed E-state index contributed by atoms with van der Waals surface area (Å²) in [5.74, 6) is 0.230. The second-order valence-corrected chi connectivity index (χ2v) is 10.2. The van der Waals surface area contributed by atoms with Crippen LogP contribution in [0.2, 0.25) is 5.02 Å². The fourth-order valence-corrected chi connectivity index (χ4v) is 5.73. The van der Waals surface area contributed by atoms with Gasteiger partial charge in [0, 0.05) is 30.3 Å². The number of aromatic nitrogens is 2. The molecule has 3 aromatic rings. The molecule has 2 unspecified atom stereocenters. The number of carbonyl (C=O) groups is 1. The first-order valence-electron chi connectivity index (χ1n) is 10.5. The fraction of sp³-hybridized carbons (Fsp3) is 0.364. The van der Waals surface area contributed by atoms with Crippen LogP contribution in [-0.2, 0) is 14.9 Å². The van der Waals surface area contributed by atoms with Gasteiger partial charge in [-0.1, -0.05) is 11.6 Å². The highest BCUT2D eigenvalue weighted by molar-refractivity contribution is 7.91. The molecular weight excluding hydrogens is 466 g/mol. The third-order valence-electron chi connectivity index (χ3n) is 5.63. The van der Waals surface area contributed by atoms with E-state index in [-0.39, 0.29) is 18.6 Å². The highest BCUT2D eigenvalue weighted by Crippen LogP contribution is 2.29. The molecule has 9 nitrogen and oxygen atoms in total. The first-order chi connectivity index (χ1) is 15.7. The van der Waals surface area contributed by atoms with Crippen LogP contribution in [0.1, 0.15) is 41.1 Å². The fourth-order valence-electron chi connectivity index (χ4n) is 4.00. The molecular formula is C22H26ClN5O4S. The zero-order chi connectivity index (χ0) is 23.8. The van der Waals surface area contributed by atoms with Gasteiger partial charge < -0.3 is 15.0 Å². The minimum Gasteiger partial charge on any atom is -0.382 e. The van der Waals surface area contributed by atoms with Crippen LogP contribution in [0.5, 0.6) is 0 Å². The number of benzene rings is 2. The van der Waals surface area contributed by atoms with Crippen molar-refractivity contribution < 1.29 is 17.9 Å². The summed E-state index contributed by atoms with van der Waals surface area (Å²) in [4.78, 5) is 20.8. The molecule has 0 saturated carbocycles. The Morgan fingerprint density at radius 3 is 2.82 bits per heavy atom. The molecule has 3 N–H and O–H groups in total. The molecule has 2 aromatic carbocycles. The van der Waals surface area contributed by atoms with Gasteiger partial charge in [0.15, 0.2) is 0 Å². The largest absolute Gasteiger partial charge is 0.382 e. The molecule has 0 radical (unpaired) electrons. The molecule has 2 atom stereocenters. The Morgan fingerprint density at radius 1 is 1.33 bits per heavy atom. The lowest BCUT2D eigenvalue weighted by Gasteiger charge is -2.35. The lowest BCUT2D eigenvalue weighted by Crippen LogP contribution is -2.52. The number of imidazole rings is 1. The number of aryl methyl sites for hydroxylation is 1. The number of ether oxygens (including phenoxy) is 1. The van der Waals surface area contributed by atoms with Crippen LogP contribution < -0.4 is 14.3 Å². The van der Waals surface area contributed by atoms with E-state index < -0.39 is 16.3 Å². The van der Waals surface area contributed by atoms with Crippen LogP contribution in [0.4, 0.5) is 5.69 Å². The van der Waals surface area contributed by atoms with Crippen molar-refractivity contribution in [3.8, 4) is 0 Å². The molecule has 0 bridgehead atoms. The monoisotopic (exact) mass is 491 g/mol. The van der Waals surface area contributed by atoms with Gasteiger partial charge in [-0.3, -0.25) is 9.10 Å². The minimum absolute atomic E-state index is 0.178. The van der Waals surface area contributed by atoms with Crippen molar-refractivity contribution in [2.24, 2.45) is 0 Å². The normalized spacial score (nSPS) is 18.9. The maximum Gasteiger partial charge on any atom is 0.301 e. The van der Waals surface area contributed by atoms with Crippen molar-refractivity contribution >= 4 is 44.4 Å². The topological polar surface area (TPSA) is 116 Å². The van der Waals surface area contributed by atoms with Gasteiger partial charge in [-0.05, 0) is 62.2 Å². The number of aromatic amines is 1. The van der Waals surface area contributed by atoms with E-state index >= 15 is 0 Å². The molecule has 1 amide bonds. The number of amides is 1. The highest BCUT2D eigenvalue weighted by atomic mass is 35.5. The lowest BCUT2D eigenvalue weighted by atomic mass is 10.1. The standard InChI is InChI=1S/C22H26ClN5O4S/c1-13-10-15(4-7-20(13)28-14(2)8-9-24-33(28,30)31)22(29)27-19(12-32-3)21-25-17-6-5-16(23)11-18(17)26-21/h4-7,10-11,14,19,24H,8-9,12H2,1-3H3,(H,25,26)(H,27,29). The van der Waals surface area contributed by atoms with E-state index in [1.165, 1.54) is 4.31 Å². The van der Waals surface area contributed by atoms with Crippen LogP contribution in [0, 0.1) is 6.92 Å². The number of nitrogens with zero attached hydrogens (tertiary/aromatic N) is 2. The number of rotatable bonds is 6. The average Bonchev–Trinajstić information content (AvgIpc) is 3.17. The smallest absolute Gasteiger partial charge is 0.301 e. The summed E-state index contributed by atoms with van der Waals surface area (Å²) in [6.07, 6.45) is 0.697. The van der Waals surface area contributed by atoms with Gasteiger partial charge in [0.1, 0.15) is 11.9 Å². The Labute approximate surface area is 197 Å². The van der Waals surface area contributed by atoms with Crippen LogP contribution in [0.25, 0.3) is 11.0 Å². The average molecular weight is 492 g/mol. The van der Waals surface area contributed by atoms with E-state index in [4.69, 9.17) is 16.3 Å². The highest BCUT2D eigenvalue weighted by Gasteiger charge is 2.32. The van der Waals surface area contributed by atoms with Crippen molar-refractivity contribution in [2.45, 2.75) is 32.4 Å². The number of hydrogen-bond donors (Lipinski definition) is 3. The van der Waals surface area contributed by atoms with E-state index in [1.807, 2.05) is 6.92 Å². The summed E-state index contributed by atoms with van der Waals surface area (Å²) >= 11 is 6.06. The molecule has 4 rings (SSSR count). The summed E-state index contributed by atoms with van der Waals surface area (Å²) in [5.41, 5.74) is 3.14. The predicted molar refractivity (Wildman–Crippen MR) is 128 cm³/mol. The van der Waals surface area contributed by atoms with E-state index in [0.717, 1.165) is 11.0 Å². The van der Waals surface area contributed by atoms with Gasteiger partial charge in [0.25, 0.3) is 5.91 Å². The molecule has 1 aliphatic rings. The van der Waals surface area contributed by atoms with Gasteiger partial charge in [-0.25, -0.2) is 4.98 Å². The molecule has 1 aliphatic heterocycles. The Morgan fingerprint density at radius 2 is 2.12 bits per heavy atom. The molecule has 11 heteroatoms. The van der Waals surface area contributed by atoms with Crippen LogP contribution in [0.15, 0.2) is 36.4 Å². The van der Waals surface area contributed by atoms with E-state index in [2.05, 4.69) is 20.0 Å². The summed E-state index contributed by atoms with van der Waals surface area (Å²) in [6, 6.07) is 9.60. The number of carbonyl (C=O) groups excluding carboxylic acids is 1. The number of H-pyrrole nitrogens is 1. The number of anilines is 1. The van der Waals surface area contributed by atoms with Crippen molar-refractivity contribution in [3.05, 3.63) is 58.4 Å². The van der Waals surface area contributed by atoms with Gasteiger partial charge >= 0.3 is 10.2 Å². The predicted octanol–water partition coefficient (Wildman–Crippen LogP) is 3.08. The maximum atomic E-state index is 13.0. The molecule has 2 heterocycles. The SMILES string of the molecule is COCC(NC(=O)c1ccc(N2C(C)CCNS2(=O)=O)c(C)c1)c1nc2ccc(Cl)cc2[nH]1. The number of nitrogens with one attached hydrogen (secondary N) is 3. The Kier molecular flexibility index (Phi) is 6.62. The Bertz CT molecular complexity index is 1290. The van der Waals surface area contributed by atoms with Gasteiger partial charge in [0.2, 0.25) is 0 Å². The molecule has 0 spiro atoms. The zero-order valence-electron chi connectivity index (χ0n) is 18.6. The molecule has 1 aromatic heterocycles. The number of halogens is 1. The van der Waals surface area contributed by atoms with Gasteiger partial charge in [-0.15, -0.1) is 0 Å². The maximum absolute atomic E-state index is 13.0.